The number of aromatic amines is 1. The molecular weight excluding hydrogens is 292 g/mol. The summed E-state index contributed by atoms with van der Waals surface area (Å²) in [6.45, 7) is 0. The molecule has 0 atom stereocenters. The van der Waals surface area contributed by atoms with Crippen LogP contribution in [0.25, 0.3) is 22.2 Å². The van der Waals surface area contributed by atoms with Crippen LogP contribution in [0.3, 0.4) is 0 Å². The molecule has 0 saturated heterocycles. The van der Waals surface area contributed by atoms with E-state index in [-0.39, 0.29) is 5.95 Å². The molecule has 1 saturated carbocycles. The summed E-state index contributed by atoms with van der Waals surface area (Å²) in [4.78, 5) is 8.72. The van der Waals surface area contributed by atoms with Gasteiger partial charge in [0.05, 0.1) is 17.3 Å². The van der Waals surface area contributed by atoms with Crippen molar-refractivity contribution in [3.63, 3.8) is 0 Å². The van der Waals surface area contributed by atoms with Crippen molar-refractivity contribution in [2.45, 2.75) is 25.0 Å². The summed E-state index contributed by atoms with van der Waals surface area (Å²) >= 11 is 0. The molecule has 0 bridgehead atoms. The van der Waals surface area contributed by atoms with Crippen molar-refractivity contribution < 1.29 is 4.74 Å². The Hall–Kier alpha value is -2.67. The Bertz CT molecular complexity index is 826. The second-order valence-electron chi connectivity index (χ2n) is 5.80. The van der Waals surface area contributed by atoms with Crippen LogP contribution in [0, 0.1) is 0 Å². The molecule has 1 aliphatic carbocycles. The molecule has 4 rings (SSSR count). The molecule has 2 heterocycles. The molecule has 0 aliphatic heterocycles. The van der Waals surface area contributed by atoms with Crippen LogP contribution in [-0.4, -0.2) is 39.4 Å². The van der Waals surface area contributed by atoms with E-state index < -0.39 is 0 Å². The maximum atomic E-state index is 5.88. The van der Waals surface area contributed by atoms with E-state index in [9.17, 15) is 0 Å². The fourth-order valence-electron chi connectivity index (χ4n) is 2.91. The van der Waals surface area contributed by atoms with Gasteiger partial charge in [-0.3, -0.25) is 5.10 Å². The minimum absolute atomic E-state index is 0.268. The molecule has 0 spiro atoms. The highest BCUT2D eigenvalue weighted by Crippen LogP contribution is 2.30. The van der Waals surface area contributed by atoms with E-state index in [1.54, 1.807) is 13.3 Å². The van der Waals surface area contributed by atoms with Crippen LogP contribution in [0.15, 0.2) is 30.5 Å². The third-order valence-electron chi connectivity index (χ3n) is 4.29. The number of nitrogen functional groups attached to an aromatic ring is 1. The van der Waals surface area contributed by atoms with Gasteiger partial charge in [0.25, 0.3) is 0 Å². The van der Waals surface area contributed by atoms with E-state index in [1.165, 1.54) is 0 Å². The Balaban J connectivity index is 1.68. The van der Waals surface area contributed by atoms with Gasteiger partial charge in [-0.05, 0) is 31.0 Å². The van der Waals surface area contributed by atoms with Gasteiger partial charge in [0.15, 0.2) is 0 Å². The molecule has 118 valence electrons. The zero-order valence-corrected chi connectivity index (χ0v) is 12.8. The Kier molecular flexibility index (Phi) is 3.34. The topological polar surface area (TPSA) is 102 Å². The molecular formula is C16H18N6O. The number of anilines is 2. The SMILES string of the molecule is COC1CC(Nc2nc(N)nc3cc(-c4ccn[nH]4)ccc23)C1. The Labute approximate surface area is 133 Å². The number of rotatable bonds is 4. The van der Waals surface area contributed by atoms with Gasteiger partial charge in [-0.2, -0.15) is 10.1 Å². The van der Waals surface area contributed by atoms with E-state index in [0.29, 0.717) is 12.1 Å². The number of fused-ring (bicyclic) bond motifs is 1. The van der Waals surface area contributed by atoms with Crippen molar-refractivity contribution in [1.82, 2.24) is 20.2 Å². The summed E-state index contributed by atoms with van der Waals surface area (Å²) in [5.41, 5.74) is 8.65. The number of nitrogens with one attached hydrogen (secondary N) is 2. The van der Waals surface area contributed by atoms with Gasteiger partial charge in [-0.15, -0.1) is 0 Å². The van der Waals surface area contributed by atoms with Gasteiger partial charge in [0, 0.05) is 30.3 Å². The summed E-state index contributed by atoms with van der Waals surface area (Å²) in [6.07, 6.45) is 4.02. The van der Waals surface area contributed by atoms with Gasteiger partial charge < -0.3 is 15.8 Å². The van der Waals surface area contributed by atoms with Crippen molar-refractivity contribution >= 4 is 22.7 Å². The summed E-state index contributed by atoms with van der Waals surface area (Å²) in [7, 11) is 1.75. The van der Waals surface area contributed by atoms with Gasteiger partial charge in [-0.25, -0.2) is 4.98 Å². The van der Waals surface area contributed by atoms with Gasteiger partial charge >= 0.3 is 0 Å². The smallest absolute Gasteiger partial charge is 0.222 e. The monoisotopic (exact) mass is 310 g/mol. The number of nitrogens with two attached hydrogens (primary N) is 1. The molecule has 7 heteroatoms. The van der Waals surface area contributed by atoms with Crippen LogP contribution >= 0.6 is 0 Å². The first-order valence-corrected chi connectivity index (χ1v) is 7.59. The summed E-state index contributed by atoms with van der Waals surface area (Å²) in [5.74, 6) is 1.05. The lowest BCUT2D eigenvalue weighted by Gasteiger charge is -2.35. The highest BCUT2D eigenvalue weighted by Gasteiger charge is 2.29. The third-order valence-corrected chi connectivity index (χ3v) is 4.29. The lowest BCUT2D eigenvalue weighted by Crippen LogP contribution is -2.40. The van der Waals surface area contributed by atoms with Gasteiger partial charge in [0.2, 0.25) is 5.95 Å². The molecule has 2 aromatic heterocycles. The molecule has 7 nitrogen and oxygen atoms in total. The second-order valence-corrected chi connectivity index (χ2v) is 5.80. The summed E-state index contributed by atoms with van der Waals surface area (Å²) in [5, 5.41) is 11.3. The van der Waals surface area contributed by atoms with Crippen LogP contribution in [0.5, 0.6) is 0 Å². The lowest BCUT2D eigenvalue weighted by molar-refractivity contribution is 0.0328. The predicted octanol–water partition coefficient (Wildman–Crippen LogP) is 2.19. The van der Waals surface area contributed by atoms with Crippen LogP contribution in [0.4, 0.5) is 11.8 Å². The fourth-order valence-corrected chi connectivity index (χ4v) is 2.91. The zero-order chi connectivity index (χ0) is 15.8. The zero-order valence-electron chi connectivity index (χ0n) is 12.8. The fraction of sp³-hybridized carbons (Fsp3) is 0.312. The minimum atomic E-state index is 0.268. The first-order valence-electron chi connectivity index (χ1n) is 7.59. The highest BCUT2D eigenvalue weighted by molar-refractivity contribution is 5.92. The molecule has 1 fully saturated rings. The number of methoxy groups -OCH3 is 1. The quantitative estimate of drug-likeness (QED) is 0.683. The van der Waals surface area contributed by atoms with E-state index in [0.717, 1.165) is 40.8 Å². The first-order chi connectivity index (χ1) is 11.2. The predicted molar refractivity (Wildman–Crippen MR) is 89.0 cm³/mol. The highest BCUT2D eigenvalue weighted by atomic mass is 16.5. The summed E-state index contributed by atoms with van der Waals surface area (Å²) in [6, 6.07) is 8.32. The molecule has 3 aromatic rings. The molecule has 4 N–H and O–H groups in total. The second kappa shape index (κ2) is 5.51. The third kappa shape index (κ3) is 2.59. The largest absolute Gasteiger partial charge is 0.381 e. The van der Waals surface area contributed by atoms with E-state index in [2.05, 4.69) is 25.5 Å². The Morgan fingerprint density at radius 1 is 1.26 bits per heavy atom. The number of ether oxygens (including phenoxy) is 1. The van der Waals surface area contributed by atoms with Crippen molar-refractivity contribution in [2.24, 2.45) is 0 Å². The molecule has 0 unspecified atom stereocenters. The maximum Gasteiger partial charge on any atom is 0.222 e. The Morgan fingerprint density at radius 3 is 2.87 bits per heavy atom. The lowest BCUT2D eigenvalue weighted by atomic mass is 9.89. The number of hydrogen-bond donors (Lipinski definition) is 3. The van der Waals surface area contributed by atoms with Crippen molar-refractivity contribution in [2.75, 3.05) is 18.2 Å². The van der Waals surface area contributed by atoms with Crippen molar-refractivity contribution in [1.29, 1.82) is 0 Å². The average molecular weight is 310 g/mol. The van der Waals surface area contributed by atoms with E-state index >= 15 is 0 Å². The summed E-state index contributed by atoms with van der Waals surface area (Å²) < 4.78 is 5.32. The van der Waals surface area contributed by atoms with Crippen molar-refractivity contribution in [3.05, 3.63) is 30.5 Å². The van der Waals surface area contributed by atoms with Crippen LogP contribution in [0.1, 0.15) is 12.8 Å². The maximum absolute atomic E-state index is 5.88. The van der Waals surface area contributed by atoms with Gasteiger partial charge in [-0.1, -0.05) is 6.07 Å². The molecule has 0 amide bonds. The molecule has 1 aromatic carbocycles. The van der Waals surface area contributed by atoms with E-state index in [1.807, 2.05) is 24.3 Å². The van der Waals surface area contributed by atoms with Crippen LogP contribution < -0.4 is 11.1 Å². The van der Waals surface area contributed by atoms with E-state index in [4.69, 9.17) is 10.5 Å². The normalized spacial score (nSPS) is 20.4. The van der Waals surface area contributed by atoms with Crippen LogP contribution in [-0.2, 0) is 4.74 Å². The molecule has 1 aliphatic rings. The minimum Gasteiger partial charge on any atom is -0.381 e. The molecule has 0 radical (unpaired) electrons. The first kappa shape index (κ1) is 14.0. The van der Waals surface area contributed by atoms with Crippen molar-refractivity contribution in [3.8, 4) is 11.3 Å². The number of H-pyrrole nitrogens is 1. The number of benzene rings is 1. The standard InChI is InChI=1S/C16H18N6O/c1-23-11-7-10(8-11)19-15-12-3-2-9(13-4-5-18-22-13)6-14(12)20-16(17)21-15/h2-6,10-11H,7-8H2,1H3,(H,18,22)(H3,17,19,20,21). The van der Waals surface area contributed by atoms with Crippen LogP contribution in [0.2, 0.25) is 0 Å². The number of aromatic nitrogens is 4. The number of nitrogens with zero attached hydrogens (tertiary/aromatic N) is 3. The Morgan fingerprint density at radius 2 is 2.13 bits per heavy atom. The number of hydrogen-bond acceptors (Lipinski definition) is 6. The average Bonchev–Trinajstić information content (AvgIpc) is 3.03. The molecule has 23 heavy (non-hydrogen) atoms. The van der Waals surface area contributed by atoms with Gasteiger partial charge in [0.1, 0.15) is 5.82 Å².